The highest BCUT2D eigenvalue weighted by atomic mass is 16.1. The highest BCUT2D eigenvalue weighted by molar-refractivity contribution is 5.82. The lowest BCUT2D eigenvalue weighted by molar-refractivity contribution is -0.932. The molecule has 1 N–H and O–H groups in total. The lowest BCUT2D eigenvalue weighted by atomic mass is 9.85. The molecular weight excluding hydrogens is 248 g/mol. The monoisotopic (exact) mass is 279 g/mol. The number of rotatable bonds is 3. The van der Waals surface area contributed by atoms with Crippen LogP contribution in [0.25, 0.3) is 0 Å². The summed E-state index contributed by atoms with van der Waals surface area (Å²) in [6, 6.07) is 1.45. The van der Waals surface area contributed by atoms with Gasteiger partial charge in [0.25, 0.3) is 0 Å². The van der Waals surface area contributed by atoms with Gasteiger partial charge in [-0.2, -0.15) is 0 Å². The summed E-state index contributed by atoms with van der Waals surface area (Å²) in [5, 5.41) is 0. The first-order valence-electron chi connectivity index (χ1n) is 8.78. The third-order valence-electron chi connectivity index (χ3n) is 6.32. The number of nitrogens with zero attached hydrogens (tertiary/aromatic N) is 1. The molecule has 1 saturated heterocycles. The average molecular weight is 279 g/mol. The lowest BCUT2D eigenvalue weighted by Crippen LogP contribution is -3.18. The standard InChI is InChI=1S/C17H30N2O/c1-13-18(2)15-10-6-7-11-16(15)19(13)12-17(20)14-8-4-3-5-9-14/h13-16H,3-12H2,1-2H3/p+1. The molecule has 1 aliphatic heterocycles. The zero-order valence-electron chi connectivity index (χ0n) is 13.2. The Morgan fingerprint density at radius 1 is 1.05 bits per heavy atom. The molecule has 3 nitrogen and oxygen atoms in total. The van der Waals surface area contributed by atoms with Crippen molar-refractivity contribution < 1.29 is 9.69 Å². The molecule has 0 aromatic carbocycles. The van der Waals surface area contributed by atoms with Crippen molar-refractivity contribution in [1.29, 1.82) is 0 Å². The van der Waals surface area contributed by atoms with E-state index >= 15 is 0 Å². The summed E-state index contributed by atoms with van der Waals surface area (Å²) in [4.78, 5) is 16.8. The average Bonchev–Trinajstić information content (AvgIpc) is 2.74. The third kappa shape index (κ3) is 2.67. The summed E-state index contributed by atoms with van der Waals surface area (Å²) in [7, 11) is 2.27. The molecule has 3 heteroatoms. The van der Waals surface area contributed by atoms with Crippen LogP contribution in [0.2, 0.25) is 0 Å². The maximum absolute atomic E-state index is 12.6. The minimum atomic E-state index is 0.386. The van der Waals surface area contributed by atoms with Gasteiger partial charge in [-0.25, -0.2) is 4.90 Å². The Balaban J connectivity index is 1.64. The molecule has 0 aromatic rings. The number of carbonyl (C=O) groups is 1. The molecule has 20 heavy (non-hydrogen) atoms. The fourth-order valence-corrected chi connectivity index (χ4v) is 4.94. The first kappa shape index (κ1) is 14.5. The van der Waals surface area contributed by atoms with Gasteiger partial charge in [0, 0.05) is 19.3 Å². The van der Waals surface area contributed by atoms with Crippen LogP contribution in [0.5, 0.6) is 0 Å². The van der Waals surface area contributed by atoms with Crippen LogP contribution in [0.1, 0.15) is 64.7 Å². The Hall–Kier alpha value is -0.410. The highest BCUT2D eigenvalue weighted by Crippen LogP contribution is 2.27. The molecule has 2 aliphatic carbocycles. The largest absolute Gasteiger partial charge is 0.310 e. The highest BCUT2D eigenvalue weighted by Gasteiger charge is 2.48. The molecule has 0 amide bonds. The van der Waals surface area contributed by atoms with Crippen LogP contribution >= 0.6 is 0 Å². The van der Waals surface area contributed by atoms with Gasteiger partial charge >= 0.3 is 0 Å². The summed E-state index contributed by atoms with van der Waals surface area (Å²) in [5.74, 6) is 0.947. The van der Waals surface area contributed by atoms with Crippen molar-refractivity contribution in [1.82, 2.24) is 4.90 Å². The Bertz CT molecular complexity index is 351. The fourth-order valence-electron chi connectivity index (χ4n) is 4.94. The number of quaternary nitrogens is 1. The van der Waals surface area contributed by atoms with Crippen molar-refractivity contribution >= 4 is 5.78 Å². The summed E-state index contributed by atoms with van der Waals surface area (Å²) >= 11 is 0. The number of Topliss-reactive ketones (excluding diaryl/α,β-unsaturated/α-hetero) is 1. The molecule has 3 fully saturated rings. The van der Waals surface area contributed by atoms with E-state index in [1.54, 1.807) is 4.90 Å². The molecule has 0 radical (unpaired) electrons. The second kappa shape index (κ2) is 6.15. The first-order valence-corrected chi connectivity index (χ1v) is 8.78. The zero-order chi connectivity index (χ0) is 14.1. The van der Waals surface area contributed by atoms with E-state index in [1.165, 1.54) is 44.9 Å². The van der Waals surface area contributed by atoms with Gasteiger partial charge in [-0.05, 0) is 32.7 Å². The molecule has 0 spiro atoms. The number of hydrogen-bond acceptors (Lipinski definition) is 2. The Labute approximate surface area is 123 Å². The normalized spacial score (nSPS) is 39.7. The van der Waals surface area contributed by atoms with Gasteiger partial charge in [-0.3, -0.25) is 4.79 Å². The first-order chi connectivity index (χ1) is 9.68. The molecule has 0 aromatic heterocycles. The number of carbonyl (C=O) groups excluding carboxylic acids is 1. The number of ketones is 1. The van der Waals surface area contributed by atoms with Gasteiger partial charge in [0.1, 0.15) is 18.8 Å². The van der Waals surface area contributed by atoms with Crippen LogP contribution in [-0.2, 0) is 4.79 Å². The molecule has 3 aliphatic rings. The van der Waals surface area contributed by atoms with Crippen LogP contribution in [0, 0.1) is 5.92 Å². The summed E-state index contributed by atoms with van der Waals surface area (Å²) < 4.78 is 0. The second-order valence-electron chi connectivity index (χ2n) is 7.35. The van der Waals surface area contributed by atoms with Crippen LogP contribution < -0.4 is 4.90 Å². The Morgan fingerprint density at radius 2 is 1.70 bits per heavy atom. The van der Waals surface area contributed by atoms with Crippen LogP contribution in [0.15, 0.2) is 0 Å². The summed E-state index contributed by atoms with van der Waals surface area (Å²) in [6.45, 7) is 3.11. The van der Waals surface area contributed by atoms with E-state index in [9.17, 15) is 4.79 Å². The minimum Gasteiger partial charge on any atom is -0.310 e. The zero-order valence-corrected chi connectivity index (χ0v) is 13.2. The van der Waals surface area contributed by atoms with Crippen LogP contribution in [0.3, 0.4) is 0 Å². The summed E-state index contributed by atoms with van der Waals surface area (Å²) in [5.41, 5.74) is 0. The molecule has 3 rings (SSSR count). The maximum atomic E-state index is 12.6. The Morgan fingerprint density at radius 3 is 2.45 bits per heavy atom. The molecule has 2 saturated carbocycles. The third-order valence-corrected chi connectivity index (χ3v) is 6.32. The van der Waals surface area contributed by atoms with E-state index < -0.39 is 0 Å². The maximum Gasteiger partial charge on any atom is 0.189 e. The molecule has 4 unspecified atom stereocenters. The SMILES string of the molecule is CC1N(C)C2CCCCC2[NH+]1CC(=O)C1CCCCC1. The smallest absolute Gasteiger partial charge is 0.189 e. The van der Waals surface area contributed by atoms with Crippen molar-refractivity contribution in [3.63, 3.8) is 0 Å². The summed E-state index contributed by atoms with van der Waals surface area (Å²) in [6.07, 6.45) is 12.1. The number of hydrogen-bond donors (Lipinski definition) is 1. The molecular formula is C17H31N2O+. The van der Waals surface area contributed by atoms with E-state index in [4.69, 9.17) is 0 Å². The molecule has 1 heterocycles. The van der Waals surface area contributed by atoms with Crippen molar-refractivity contribution in [3.05, 3.63) is 0 Å². The minimum absolute atomic E-state index is 0.386. The Kier molecular flexibility index (Phi) is 4.46. The van der Waals surface area contributed by atoms with Crippen LogP contribution in [-0.4, -0.2) is 42.5 Å². The predicted octanol–water partition coefficient (Wildman–Crippen LogP) is 1.62. The van der Waals surface area contributed by atoms with Gasteiger partial charge in [-0.15, -0.1) is 0 Å². The van der Waals surface area contributed by atoms with E-state index in [1.807, 2.05) is 0 Å². The number of nitrogens with one attached hydrogen (secondary N) is 1. The van der Waals surface area contributed by atoms with Crippen molar-refractivity contribution in [2.24, 2.45) is 5.92 Å². The predicted molar refractivity (Wildman–Crippen MR) is 80.7 cm³/mol. The topological polar surface area (TPSA) is 24.8 Å². The fraction of sp³-hybridized carbons (Fsp3) is 0.941. The van der Waals surface area contributed by atoms with Gasteiger partial charge in [0.15, 0.2) is 5.78 Å². The van der Waals surface area contributed by atoms with Gasteiger partial charge < -0.3 is 4.90 Å². The quantitative estimate of drug-likeness (QED) is 0.849. The molecule has 4 atom stereocenters. The van der Waals surface area contributed by atoms with Crippen molar-refractivity contribution in [2.45, 2.75) is 83.0 Å². The van der Waals surface area contributed by atoms with Gasteiger partial charge in [0.2, 0.25) is 0 Å². The molecule has 114 valence electrons. The van der Waals surface area contributed by atoms with E-state index in [0.717, 1.165) is 31.5 Å². The molecule has 0 bridgehead atoms. The number of fused-ring (bicyclic) bond motifs is 1. The van der Waals surface area contributed by atoms with Gasteiger partial charge in [0.05, 0.1) is 6.04 Å². The number of likely N-dealkylation sites (N-methyl/N-ethyl adjacent to an activating group) is 1. The van der Waals surface area contributed by atoms with E-state index in [0.29, 0.717) is 17.9 Å². The van der Waals surface area contributed by atoms with Crippen molar-refractivity contribution in [3.8, 4) is 0 Å². The van der Waals surface area contributed by atoms with Gasteiger partial charge in [-0.1, -0.05) is 25.7 Å². The second-order valence-corrected chi connectivity index (χ2v) is 7.35. The van der Waals surface area contributed by atoms with E-state index in [-0.39, 0.29) is 0 Å². The van der Waals surface area contributed by atoms with E-state index in [2.05, 4.69) is 18.9 Å². The van der Waals surface area contributed by atoms with Crippen molar-refractivity contribution in [2.75, 3.05) is 13.6 Å². The lowest BCUT2D eigenvalue weighted by Gasteiger charge is -2.30. The van der Waals surface area contributed by atoms with Crippen LogP contribution in [0.4, 0.5) is 0 Å².